The third-order valence-corrected chi connectivity index (χ3v) is 2.25. The van der Waals surface area contributed by atoms with Crippen molar-refractivity contribution in [1.29, 1.82) is 0 Å². The van der Waals surface area contributed by atoms with E-state index in [-0.39, 0.29) is 5.91 Å². The third kappa shape index (κ3) is 2.57. The van der Waals surface area contributed by atoms with Gasteiger partial charge in [0.25, 0.3) is 5.91 Å². The van der Waals surface area contributed by atoms with Crippen molar-refractivity contribution in [1.82, 2.24) is 9.97 Å². The molecule has 86 valence electrons. The molecule has 0 radical (unpaired) electrons. The number of aromatic nitrogens is 2. The molecule has 1 amide bonds. The second-order valence-electron chi connectivity index (χ2n) is 3.37. The quantitative estimate of drug-likeness (QED) is 0.840. The SMILES string of the molecule is CNc1cnccc1C(=O)Nc1cccnc1. The van der Waals surface area contributed by atoms with Crippen LogP contribution in [0.5, 0.6) is 0 Å². The van der Waals surface area contributed by atoms with E-state index in [1.165, 1.54) is 0 Å². The number of amides is 1. The number of nitrogens with one attached hydrogen (secondary N) is 2. The molecule has 2 aromatic rings. The van der Waals surface area contributed by atoms with E-state index in [1.54, 1.807) is 50.0 Å². The van der Waals surface area contributed by atoms with Gasteiger partial charge in [-0.05, 0) is 18.2 Å². The summed E-state index contributed by atoms with van der Waals surface area (Å²) in [6.45, 7) is 0. The fraction of sp³-hybridized carbons (Fsp3) is 0.0833. The maximum absolute atomic E-state index is 12.0. The number of nitrogens with zero attached hydrogens (tertiary/aromatic N) is 2. The number of pyridine rings is 2. The van der Waals surface area contributed by atoms with Crippen molar-refractivity contribution in [2.24, 2.45) is 0 Å². The van der Waals surface area contributed by atoms with E-state index in [4.69, 9.17) is 0 Å². The van der Waals surface area contributed by atoms with Crippen LogP contribution < -0.4 is 10.6 Å². The number of rotatable bonds is 3. The molecular weight excluding hydrogens is 216 g/mol. The van der Waals surface area contributed by atoms with Gasteiger partial charge in [-0.3, -0.25) is 14.8 Å². The van der Waals surface area contributed by atoms with Crippen LogP contribution in [0.2, 0.25) is 0 Å². The van der Waals surface area contributed by atoms with E-state index in [2.05, 4.69) is 20.6 Å². The zero-order valence-corrected chi connectivity index (χ0v) is 9.34. The molecule has 2 N–H and O–H groups in total. The molecule has 0 aliphatic rings. The maximum Gasteiger partial charge on any atom is 0.257 e. The molecule has 0 atom stereocenters. The summed E-state index contributed by atoms with van der Waals surface area (Å²) in [6.07, 6.45) is 6.44. The van der Waals surface area contributed by atoms with Crippen LogP contribution >= 0.6 is 0 Å². The summed E-state index contributed by atoms with van der Waals surface area (Å²) < 4.78 is 0. The Hall–Kier alpha value is -2.43. The molecule has 5 heteroatoms. The number of hydrogen-bond donors (Lipinski definition) is 2. The summed E-state index contributed by atoms with van der Waals surface area (Å²) >= 11 is 0. The highest BCUT2D eigenvalue weighted by Gasteiger charge is 2.10. The Morgan fingerprint density at radius 1 is 1.18 bits per heavy atom. The van der Waals surface area contributed by atoms with E-state index in [1.807, 2.05) is 0 Å². The lowest BCUT2D eigenvalue weighted by Crippen LogP contribution is -2.14. The Kier molecular flexibility index (Phi) is 3.30. The van der Waals surface area contributed by atoms with Gasteiger partial charge in [0, 0.05) is 19.4 Å². The first-order valence-electron chi connectivity index (χ1n) is 5.14. The Morgan fingerprint density at radius 2 is 2.00 bits per heavy atom. The molecule has 0 saturated carbocycles. The Morgan fingerprint density at radius 3 is 2.71 bits per heavy atom. The van der Waals surface area contributed by atoms with Crippen molar-refractivity contribution in [3.05, 3.63) is 48.5 Å². The molecule has 0 aliphatic heterocycles. The second kappa shape index (κ2) is 5.07. The molecule has 0 bridgehead atoms. The Bertz CT molecular complexity index is 513. The molecule has 2 heterocycles. The predicted molar refractivity (Wildman–Crippen MR) is 66.0 cm³/mol. The zero-order chi connectivity index (χ0) is 12.1. The van der Waals surface area contributed by atoms with Crippen LogP contribution in [0.1, 0.15) is 10.4 Å². The standard InChI is InChI=1S/C12H12N4O/c1-13-11-8-15-6-4-10(11)12(17)16-9-3-2-5-14-7-9/h2-8,13H,1H3,(H,16,17). The highest BCUT2D eigenvalue weighted by Crippen LogP contribution is 2.14. The van der Waals surface area contributed by atoms with Gasteiger partial charge in [-0.1, -0.05) is 0 Å². The van der Waals surface area contributed by atoms with Crippen LogP contribution in [0.25, 0.3) is 0 Å². The summed E-state index contributed by atoms with van der Waals surface area (Å²) in [4.78, 5) is 19.9. The first-order chi connectivity index (χ1) is 8.31. The van der Waals surface area contributed by atoms with Gasteiger partial charge in [-0.25, -0.2) is 0 Å². The average molecular weight is 228 g/mol. The van der Waals surface area contributed by atoms with Gasteiger partial charge >= 0.3 is 0 Å². The smallest absolute Gasteiger partial charge is 0.257 e. The maximum atomic E-state index is 12.0. The van der Waals surface area contributed by atoms with E-state index in [9.17, 15) is 4.79 Å². The van der Waals surface area contributed by atoms with E-state index in [0.717, 1.165) is 0 Å². The average Bonchev–Trinajstić information content (AvgIpc) is 2.40. The van der Waals surface area contributed by atoms with Gasteiger partial charge in [0.05, 0.1) is 29.3 Å². The Balaban J connectivity index is 2.20. The van der Waals surface area contributed by atoms with Gasteiger partial charge in [-0.2, -0.15) is 0 Å². The van der Waals surface area contributed by atoms with Crippen molar-refractivity contribution >= 4 is 17.3 Å². The highest BCUT2D eigenvalue weighted by atomic mass is 16.1. The topological polar surface area (TPSA) is 66.9 Å². The van der Waals surface area contributed by atoms with Gasteiger partial charge in [0.2, 0.25) is 0 Å². The first-order valence-corrected chi connectivity index (χ1v) is 5.14. The normalized spacial score (nSPS) is 9.71. The monoisotopic (exact) mass is 228 g/mol. The van der Waals surface area contributed by atoms with Crippen molar-refractivity contribution in [2.75, 3.05) is 17.7 Å². The summed E-state index contributed by atoms with van der Waals surface area (Å²) in [6, 6.07) is 5.21. The zero-order valence-electron chi connectivity index (χ0n) is 9.34. The van der Waals surface area contributed by atoms with Gasteiger partial charge in [0.1, 0.15) is 0 Å². The fourth-order valence-corrected chi connectivity index (χ4v) is 1.43. The number of carbonyl (C=O) groups is 1. The molecule has 0 fully saturated rings. The van der Waals surface area contributed by atoms with Gasteiger partial charge < -0.3 is 10.6 Å². The van der Waals surface area contributed by atoms with Crippen molar-refractivity contribution < 1.29 is 4.79 Å². The van der Waals surface area contributed by atoms with Crippen LogP contribution in [0.3, 0.4) is 0 Å². The number of hydrogen-bond acceptors (Lipinski definition) is 4. The van der Waals surface area contributed by atoms with Gasteiger partial charge in [0.15, 0.2) is 0 Å². The largest absolute Gasteiger partial charge is 0.386 e. The molecule has 5 nitrogen and oxygen atoms in total. The van der Waals surface area contributed by atoms with Crippen molar-refractivity contribution in [3.8, 4) is 0 Å². The molecule has 0 saturated heterocycles. The van der Waals surface area contributed by atoms with Crippen LogP contribution in [-0.2, 0) is 0 Å². The lowest BCUT2D eigenvalue weighted by atomic mass is 10.2. The van der Waals surface area contributed by atoms with Crippen LogP contribution in [0.15, 0.2) is 43.0 Å². The summed E-state index contributed by atoms with van der Waals surface area (Å²) in [5.41, 5.74) is 1.90. The van der Waals surface area contributed by atoms with Gasteiger partial charge in [-0.15, -0.1) is 0 Å². The lowest BCUT2D eigenvalue weighted by Gasteiger charge is -2.08. The predicted octanol–water partition coefficient (Wildman–Crippen LogP) is 1.77. The van der Waals surface area contributed by atoms with Crippen molar-refractivity contribution in [2.45, 2.75) is 0 Å². The Labute approximate surface area is 98.9 Å². The summed E-state index contributed by atoms with van der Waals surface area (Å²) in [7, 11) is 1.75. The van der Waals surface area contributed by atoms with E-state index < -0.39 is 0 Å². The van der Waals surface area contributed by atoms with Crippen LogP contribution in [-0.4, -0.2) is 22.9 Å². The van der Waals surface area contributed by atoms with Crippen LogP contribution in [0, 0.1) is 0 Å². The summed E-state index contributed by atoms with van der Waals surface area (Å²) in [5.74, 6) is -0.190. The van der Waals surface area contributed by atoms with E-state index >= 15 is 0 Å². The minimum atomic E-state index is -0.190. The molecule has 2 aromatic heterocycles. The fourth-order valence-electron chi connectivity index (χ4n) is 1.43. The minimum Gasteiger partial charge on any atom is -0.386 e. The molecule has 17 heavy (non-hydrogen) atoms. The van der Waals surface area contributed by atoms with Crippen molar-refractivity contribution in [3.63, 3.8) is 0 Å². The number of carbonyl (C=O) groups excluding carboxylic acids is 1. The minimum absolute atomic E-state index is 0.190. The molecule has 2 rings (SSSR count). The summed E-state index contributed by atoms with van der Waals surface area (Å²) in [5, 5.41) is 5.69. The third-order valence-electron chi connectivity index (χ3n) is 2.25. The molecule has 0 unspecified atom stereocenters. The number of anilines is 2. The highest BCUT2D eigenvalue weighted by molar-refractivity contribution is 6.07. The molecule has 0 spiro atoms. The second-order valence-corrected chi connectivity index (χ2v) is 3.37. The lowest BCUT2D eigenvalue weighted by molar-refractivity contribution is 0.102. The molecule has 0 aromatic carbocycles. The van der Waals surface area contributed by atoms with Crippen LogP contribution in [0.4, 0.5) is 11.4 Å². The van der Waals surface area contributed by atoms with E-state index in [0.29, 0.717) is 16.9 Å². The molecule has 0 aliphatic carbocycles. The first kappa shape index (κ1) is 11.1. The molecular formula is C12H12N4O.